The van der Waals surface area contributed by atoms with Gasteiger partial charge < -0.3 is 0 Å². The van der Waals surface area contributed by atoms with Crippen molar-refractivity contribution in [1.82, 2.24) is 5.32 Å². The molecule has 0 spiro atoms. The Morgan fingerprint density at radius 1 is 1.08 bits per heavy atom. The second-order valence-electron chi connectivity index (χ2n) is 2.07. The Morgan fingerprint density at radius 2 is 1.58 bits per heavy atom. The van der Waals surface area contributed by atoms with E-state index >= 15 is 0 Å². The third-order valence-corrected chi connectivity index (χ3v) is 1.08. The topological polar surface area (TPSA) is 46.2 Å². The van der Waals surface area contributed by atoms with Crippen LogP contribution in [0.5, 0.6) is 0 Å². The minimum absolute atomic E-state index is 0.172. The van der Waals surface area contributed by atoms with Crippen molar-refractivity contribution in [2.75, 3.05) is 0 Å². The molecule has 0 rings (SSSR count). The fourth-order valence-electron chi connectivity index (χ4n) is 0.533. The summed E-state index contributed by atoms with van der Waals surface area (Å²) in [5.41, 5.74) is 0. The maximum Gasteiger partial charge on any atom is 0.226 e. The zero-order chi connectivity index (χ0) is 9.98. The molecule has 0 aliphatic carbocycles. The molecule has 0 aromatic rings. The molecule has 0 aliphatic heterocycles. The number of nitrogens with one attached hydrogen (secondary N) is 1. The molecule has 0 saturated heterocycles. The summed E-state index contributed by atoms with van der Waals surface area (Å²) < 4.78 is 0. The predicted octanol–water partition coefficient (Wildman–Crippen LogP) is 1.87. The first-order chi connectivity index (χ1) is 5.70. The molecule has 0 aliphatic rings. The molecule has 0 radical (unpaired) electrons. The summed E-state index contributed by atoms with van der Waals surface area (Å²) in [4.78, 5) is 21.2. The molecule has 3 heteroatoms. The highest BCUT2D eigenvalue weighted by atomic mass is 16.2. The number of hydrogen-bond donors (Lipinski definition) is 1. The van der Waals surface area contributed by atoms with Crippen LogP contribution in [0.1, 0.15) is 47.0 Å². The molecular formula is C9H19NO2. The highest BCUT2D eigenvalue weighted by molar-refractivity contribution is 5.94. The van der Waals surface area contributed by atoms with Gasteiger partial charge in [-0.3, -0.25) is 14.9 Å². The van der Waals surface area contributed by atoms with E-state index in [0.717, 1.165) is 6.42 Å². The monoisotopic (exact) mass is 173 g/mol. The van der Waals surface area contributed by atoms with Crippen LogP contribution in [0.25, 0.3) is 0 Å². The van der Waals surface area contributed by atoms with E-state index in [4.69, 9.17) is 0 Å². The van der Waals surface area contributed by atoms with Crippen LogP contribution in [-0.2, 0) is 9.59 Å². The Kier molecular flexibility index (Phi) is 11.6. The second-order valence-corrected chi connectivity index (χ2v) is 2.07. The van der Waals surface area contributed by atoms with Crippen molar-refractivity contribution in [2.45, 2.75) is 47.0 Å². The average Bonchev–Trinajstić information content (AvgIpc) is 2.08. The Morgan fingerprint density at radius 3 is 1.92 bits per heavy atom. The average molecular weight is 173 g/mol. The van der Waals surface area contributed by atoms with Crippen molar-refractivity contribution >= 4 is 11.8 Å². The fourth-order valence-corrected chi connectivity index (χ4v) is 0.533. The van der Waals surface area contributed by atoms with Crippen molar-refractivity contribution in [3.63, 3.8) is 0 Å². The van der Waals surface area contributed by atoms with E-state index in [1.54, 1.807) is 6.92 Å². The maximum absolute atomic E-state index is 10.7. The lowest BCUT2D eigenvalue weighted by Crippen LogP contribution is -2.29. The maximum atomic E-state index is 10.7. The minimum atomic E-state index is -0.196. The number of carbonyl (C=O) groups excluding carboxylic acids is 2. The van der Waals surface area contributed by atoms with E-state index < -0.39 is 0 Å². The summed E-state index contributed by atoms with van der Waals surface area (Å²) in [7, 11) is 0. The van der Waals surface area contributed by atoms with Crippen LogP contribution in [-0.4, -0.2) is 11.8 Å². The second kappa shape index (κ2) is 10.1. The molecule has 0 saturated carbocycles. The van der Waals surface area contributed by atoms with Crippen molar-refractivity contribution in [2.24, 2.45) is 0 Å². The molecule has 0 bridgehead atoms. The fraction of sp³-hybridized carbons (Fsp3) is 0.778. The van der Waals surface area contributed by atoms with Crippen molar-refractivity contribution in [3.05, 3.63) is 0 Å². The molecule has 3 nitrogen and oxygen atoms in total. The van der Waals surface area contributed by atoms with E-state index in [2.05, 4.69) is 5.32 Å². The highest BCUT2D eigenvalue weighted by Crippen LogP contribution is 1.86. The van der Waals surface area contributed by atoms with Gasteiger partial charge in [-0.05, 0) is 6.42 Å². The molecule has 1 N–H and O–H groups in total. The first kappa shape index (κ1) is 13.7. The Balaban J connectivity index is 0. The first-order valence-corrected chi connectivity index (χ1v) is 4.53. The first-order valence-electron chi connectivity index (χ1n) is 4.53. The molecule has 0 unspecified atom stereocenters. The number of carbonyl (C=O) groups is 2. The standard InChI is InChI=1S/C7H13NO2.C2H6/c1-3-5-7(10)8-6(9)4-2;1-2/h3-5H2,1-2H3,(H,8,9,10);1-2H3. The largest absolute Gasteiger partial charge is 0.296 e. The van der Waals surface area contributed by atoms with Gasteiger partial charge in [0.2, 0.25) is 11.8 Å². The van der Waals surface area contributed by atoms with Gasteiger partial charge in [-0.1, -0.05) is 27.7 Å². The van der Waals surface area contributed by atoms with Gasteiger partial charge in [0, 0.05) is 12.8 Å². The summed E-state index contributed by atoms with van der Waals surface area (Å²) in [6.45, 7) is 7.62. The lowest BCUT2D eigenvalue weighted by Gasteiger charge is -1.98. The van der Waals surface area contributed by atoms with Crippen molar-refractivity contribution in [1.29, 1.82) is 0 Å². The lowest BCUT2D eigenvalue weighted by atomic mass is 10.3. The van der Waals surface area contributed by atoms with Crippen LogP contribution in [0.3, 0.4) is 0 Å². The van der Waals surface area contributed by atoms with Crippen LogP contribution in [0.4, 0.5) is 0 Å². The third-order valence-electron chi connectivity index (χ3n) is 1.08. The van der Waals surface area contributed by atoms with Gasteiger partial charge in [-0.2, -0.15) is 0 Å². The van der Waals surface area contributed by atoms with Gasteiger partial charge in [-0.25, -0.2) is 0 Å². The quantitative estimate of drug-likeness (QED) is 0.708. The molecule has 72 valence electrons. The van der Waals surface area contributed by atoms with E-state index in [0.29, 0.717) is 12.8 Å². The van der Waals surface area contributed by atoms with Gasteiger partial charge in [-0.15, -0.1) is 0 Å². The number of amides is 2. The van der Waals surface area contributed by atoms with Crippen LogP contribution < -0.4 is 5.32 Å². The van der Waals surface area contributed by atoms with Crippen molar-refractivity contribution in [3.8, 4) is 0 Å². The third kappa shape index (κ3) is 9.14. The van der Waals surface area contributed by atoms with E-state index in [-0.39, 0.29) is 11.8 Å². The molecule has 0 heterocycles. The van der Waals surface area contributed by atoms with Crippen LogP contribution in [0.15, 0.2) is 0 Å². The van der Waals surface area contributed by atoms with Gasteiger partial charge in [0.1, 0.15) is 0 Å². The van der Waals surface area contributed by atoms with E-state index in [1.165, 1.54) is 0 Å². The van der Waals surface area contributed by atoms with Gasteiger partial charge in [0.25, 0.3) is 0 Å². The molecule has 0 aromatic heterocycles. The summed E-state index contributed by atoms with van der Waals surface area (Å²) in [5.74, 6) is -0.368. The number of rotatable bonds is 3. The van der Waals surface area contributed by atoms with Gasteiger partial charge in [0.05, 0.1) is 0 Å². The smallest absolute Gasteiger partial charge is 0.226 e. The Hall–Kier alpha value is -0.860. The van der Waals surface area contributed by atoms with Crippen LogP contribution in [0.2, 0.25) is 0 Å². The van der Waals surface area contributed by atoms with Gasteiger partial charge in [0.15, 0.2) is 0 Å². The Labute approximate surface area is 74.5 Å². The normalized spacial score (nSPS) is 8.00. The summed E-state index contributed by atoms with van der Waals surface area (Å²) >= 11 is 0. The van der Waals surface area contributed by atoms with E-state index in [9.17, 15) is 9.59 Å². The van der Waals surface area contributed by atoms with Gasteiger partial charge >= 0.3 is 0 Å². The molecule has 0 aromatic carbocycles. The molecule has 0 fully saturated rings. The predicted molar refractivity (Wildman–Crippen MR) is 49.7 cm³/mol. The highest BCUT2D eigenvalue weighted by Gasteiger charge is 2.02. The van der Waals surface area contributed by atoms with Crippen molar-refractivity contribution < 1.29 is 9.59 Å². The number of imide groups is 1. The summed E-state index contributed by atoms with van der Waals surface area (Å²) in [6.07, 6.45) is 1.59. The molecule has 12 heavy (non-hydrogen) atoms. The SMILES string of the molecule is CC.CCCC(=O)NC(=O)CC. The lowest BCUT2D eigenvalue weighted by molar-refractivity contribution is -0.130. The molecular weight excluding hydrogens is 154 g/mol. The zero-order valence-electron chi connectivity index (χ0n) is 8.44. The molecule has 0 atom stereocenters. The van der Waals surface area contributed by atoms with Crippen LogP contribution in [0, 0.1) is 0 Å². The number of hydrogen-bond acceptors (Lipinski definition) is 2. The molecule has 2 amide bonds. The summed E-state index contributed by atoms with van der Waals surface area (Å²) in [5, 5.41) is 2.25. The van der Waals surface area contributed by atoms with Crippen LogP contribution >= 0.6 is 0 Å². The summed E-state index contributed by atoms with van der Waals surface area (Å²) in [6, 6.07) is 0. The Bertz CT molecular complexity index is 132. The zero-order valence-corrected chi connectivity index (χ0v) is 8.44. The van der Waals surface area contributed by atoms with E-state index in [1.807, 2.05) is 20.8 Å². The minimum Gasteiger partial charge on any atom is -0.296 e.